The number of nitrogens with one attached hydrogen (secondary N) is 1. The van der Waals surface area contributed by atoms with E-state index in [0.717, 1.165) is 11.8 Å². The van der Waals surface area contributed by atoms with Gasteiger partial charge in [-0.15, -0.1) is 0 Å². The molecule has 0 spiro atoms. The van der Waals surface area contributed by atoms with Gasteiger partial charge in [0.05, 0.1) is 6.61 Å². The van der Waals surface area contributed by atoms with E-state index >= 15 is 0 Å². The second-order valence-corrected chi connectivity index (χ2v) is 4.05. The third-order valence-corrected chi connectivity index (χ3v) is 2.52. The van der Waals surface area contributed by atoms with Gasteiger partial charge in [0.2, 0.25) is 0 Å². The molecular formula is C13H15ClN2O3. The molecule has 0 radical (unpaired) electrons. The first-order chi connectivity index (χ1) is 9.08. The number of halogens is 1. The molecule has 102 valence electrons. The van der Waals surface area contributed by atoms with Gasteiger partial charge < -0.3 is 15.8 Å². The van der Waals surface area contributed by atoms with Gasteiger partial charge in [-0.1, -0.05) is 23.7 Å². The van der Waals surface area contributed by atoms with Gasteiger partial charge in [-0.2, -0.15) is 0 Å². The number of nitrogens with two attached hydrogens (primary N) is 1. The van der Waals surface area contributed by atoms with Gasteiger partial charge in [0.15, 0.2) is 0 Å². The number of ether oxygens (including phenoxy) is 1. The summed E-state index contributed by atoms with van der Waals surface area (Å²) >= 11 is 5.75. The zero-order valence-electron chi connectivity index (χ0n) is 10.5. The van der Waals surface area contributed by atoms with E-state index in [-0.39, 0.29) is 18.7 Å². The number of amides is 1. The number of benzene rings is 1. The van der Waals surface area contributed by atoms with Crippen molar-refractivity contribution in [1.29, 1.82) is 0 Å². The summed E-state index contributed by atoms with van der Waals surface area (Å²) in [6.07, 6.45) is 0.940. The highest BCUT2D eigenvalue weighted by Crippen LogP contribution is 2.09. The summed E-state index contributed by atoms with van der Waals surface area (Å²) in [7, 11) is 0. The molecule has 1 aromatic carbocycles. The SMILES string of the molecule is CCOC(=O)/C(=C/N)C(=O)NCc1ccc(Cl)cc1. The molecule has 6 heteroatoms. The third-order valence-electron chi connectivity index (χ3n) is 2.27. The second kappa shape index (κ2) is 7.43. The molecule has 1 amide bonds. The van der Waals surface area contributed by atoms with Crippen LogP contribution in [-0.2, 0) is 20.9 Å². The number of carbonyl (C=O) groups is 2. The molecule has 1 rings (SSSR count). The van der Waals surface area contributed by atoms with Gasteiger partial charge in [-0.25, -0.2) is 4.79 Å². The summed E-state index contributed by atoms with van der Waals surface area (Å²) in [6.45, 7) is 2.10. The topological polar surface area (TPSA) is 81.4 Å². The Kier molecular flexibility index (Phi) is 5.89. The average molecular weight is 283 g/mol. The molecule has 0 aliphatic rings. The molecule has 5 nitrogen and oxygen atoms in total. The molecular weight excluding hydrogens is 268 g/mol. The number of hydrogen-bond donors (Lipinski definition) is 2. The Morgan fingerprint density at radius 3 is 2.53 bits per heavy atom. The summed E-state index contributed by atoms with van der Waals surface area (Å²) < 4.78 is 4.72. The van der Waals surface area contributed by atoms with Gasteiger partial charge >= 0.3 is 5.97 Å². The lowest BCUT2D eigenvalue weighted by Crippen LogP contribution is -2.29. The molecule has 0 unspecified atom stereocenters. The lowest BCUT2D eigenvalue weighted by molar-refractivity contribution is -0.140. The van der Waals surface area contributed by atoms with Crippen LogP contribution in [0.2, 0.25) is 5.02 Å². The zero-order valence-corrected chi connectivity index (χ0v) is 11.2. The van der Waals surface area contributed by atoms with E-state index in [1.807, 2.05) is 0 Å². The highest BCUT2D eigenvalue weighted by atomic mass is 35.5. The van der Waals surface area contributed by atoms with Crippen LogP contribution in [0.25, 0.3) is 0 Å². The Bertz CT molecular complexity index is 483. The molecule has 0 aromatic heterocycles. The number of hydrogen-bond acceptors (Lipinski definition) is 4. The number of rotatable bonds is 5. The lowest BCUT2D eigenvalue weighted by atomic mass is 10.2. The molecule has 0 saturated heterocycles. The van der Waals surface area contributed by atoms with E-state index in [9.17, 15) is 9.59 Å². The Morgan fingerprint density at radius 2 is 2.00 bits per heavy atom. The second-order valence-electron chi connectivity index (χ2n) is 3.61. The molecule has 19 heavy (non-hydrogen) atoms. The molecule has 0 aliphatic carbocycles. The molecule has 1 aromatic rings. The quantitative estimate of drug-likeness (QED) is 0.370. The first-order valence-electron chi connectivity index (χ1n) is 5.70. The van der Waals surface area contributed by atoms with E-state index in [2.05, 4.69) is 5.32 Å². The molecule has 3 N–H and O–H groups in total. The summed E-state index contributed by atoms with van der Waals surface area (Å²) in [5, 5.41) is 3.19. The Labute approximate surface area is 116 Å². The Balaban J connectivity index is 2.59. The Morgan fingerprint density at radius 1 is 1.37 bits per heavy atom. The number of esters is 1. The standard InChI is InChI=1S/C13H15ClN2O3/c1-2-19-13(18)11(7-15)12(17)16-8-9-3-5-10(14)6-4-9/h3-7H,2,8,15H2,1H3,(H,16,17)/b11-7+. The molecule has 0 atom stereocenters. The predicted molar refractivity (Wildman–Crippen MR) is 72.2 cm³/mol. The van der Waals surface area contributed by atoms with Crippen molar-refractivity contribution in [1.82, 2.24) is 5.32 Å². The summed E-state index contributed by atoms with van der Waals surface area (Å²) in [4.78, 5) is 23.2. The van der Waals surface area contributed by atoms with Crippen molar-refractivity contribution in [2.24, 2.45) is 5.73 Å². The maximum atomic E-state index is 11.7. The monoisotopic (exact) mass is 282 g/mol. The summed E-state index contributed by atoms with van der Waals surface area (Å²) in [6, 6.07) is 6.99. The van der Waals surface area contributed by atoms with Crippen molar-refractivity contribution >= 4 is 23.5 Å². The molecule has 0 bridgehead atoms. The number of carbonyl (C=O) groups excluding carboxylic acids is 2. The molecule has 0 fully saturated rings. The van der Waals surface area contributed by atoms with Gasteiger partial charge in [-0.3, -0.25) is 4.79 Å². The normalized spacial score (nSPS) is 10.9. The van der Waals surface area contributed by atoms with Gasteiger partial charge in [-0.05, 0) is 24.6 Å². The summed E-state index contributed by atoms with van der Waals surface area (Å²) in [5.41, 5.74) is 5.90. The van der Waals surface area contributed by atoms with Crippen molar-refractivity contribution in [2.45, 2.75) is 13.5 Å². The summed E-state index contributed by atoms with van der Waals surface area (Å²) in [5.74, 6) is -1.31. The van der Waals surface area contributed by atoms with Crippen molar-refractivity contribution < 1.29 is 14.3 Å². The van der Waals surface area contributed by atoms with Crippen LogP contribution in [0.1, 0.15) is 12.5 Å². The fourth-order valence-corrected chi connectivity index (χ4v) is 1.45. The first-order valence-corrected chi connectivity index (χ1v) is 6.08. The first kappa shape index (κ1) is 15.0. The molecule has 0 aliphatic heterocycles. The lowest BCUT2D eigenvalue weighted by Gasteiger charge is -2.08. The van der Waals surface area contributed by atoms with Crippen molar-refractivity contribution in [3.8, 4) is 0 Å². The zero-order chi connectivity index (χ0) is 14.3. The van der Waals surface area contributed by atoms with Crippen molar-refractivity contribution in [3.05, 3.63) is 46.6 Å². The third kappa shape index (κ3) is 4.63. The van der Waals surface area contributed by atoms with E-state index in [4.69, 9.17) is 22.1 Å². The van der Waals surface area contributed by atoms with Crippen LogP contribution in [0.4, 0.5) is 0 Å². The van der Waals surface area contributed by atoms with Crippen molar-refractivity contribution in [3.63, 3.8) is 0 Å². The largest absolute Gasteiger partial charge is 0.462 e. The van der Waals surface area contributed by atoms with Crippen LogP contribution in [0, 0.1) is 0 Å². The van der Waals surface area contributed by atoms with Crippen LogP contribution in [-0.4, -0.2) is 18.5 Å². The van der Waals surface area contributed by atoms with Gasteiger partial charge in [0.25, 0.3) is 5.91 Å². The molecule has 0 saturated carbocycles. The minimum atomic E-state index is -0.737. The minimum Gasteiger partial charge on any atom is -0.462 e. The minimum absolute atomic E-state index is 0.181. The fourth-order valence-electron chi connectivity index (χ4n) is 1.33. The van der Waals surface area contributed by atoms with Crippen LogP contribution in [0.5, 0.6) is 0 Å². The van der Waals surface area contributed by atoms with Crippen LogP contribution in [0.3, 0.4) is 0 Å². The molecule has 0 heterocycles. The van der Waals surface area contributed by atoms with Gasteiger partial charge in [0, 0.05) is 17.8 Å². The van der Waals surface area contributed by atoms with Crippen molar-refractivity contribution in [2.75, 3.05) is 6.61 Å². The maximum absolute atomic E-state index is 11.7. The van der Waals surface area contributed by atoms with E-state index in [1.54, 1.807) is 31.2 Å². The highest BCUT2D eigenvalue weighted by molar-refractivity contribution is 6.30. The van der Waals surface area contributed by atoms with Gasteiger partial charge in [0.1, 0.15) is 5.57 Å². The Hall–Kier alpha value is -2.01. The smallest absolute Gasteiger partial charge is 0.345 e. The van der Waals surface area contributed by atoms with Crippen LogP contribution < -0.4 is 11.1 Å². The van der Waals surface area contributed by atoms with E-state index < -0.39 is 11.9 Å². The van der Waals surface area contributed by atoms with Crippen LogP contribution in [0.15, 0.2) is 36.0 Å². The van der Waals surface area contributed by atoms with Crippen LogP contribution >= 0.6 is 11.6 Å². The predicted octanol–water partition coefficient (Wildman–Crippen LogP) is 1.36. The van der Waals surface area contributed by atoms with E-state index in [1.165, 1.54) is 0 Å². The fraction of sp³-hybridized carbons (Fsp3) is 0.231. The average Bonchev–Trinajstić information content (AvgIpc) is 2.39. The van der Waals surface area contributed by atoms with E-state index in [0.29, 0.717) is 5.02 Å². The maximum Gasteiger partial charge on any atom is 0.345 e. The highest BCUT2D eigenvalue weighted by Gasteiger charge is 2.18.